The van der Waals surface area contributed by atoms with Crippen LogP contribution in [0.4, 0.5) is 10.5 Å². The number of alkyl carbamates (subject to hydrolysis) is 1. The van der Waals surface area contributed by atoms with Crippen LogP contribution in [-0.4, -0.2) is 101 Å². The van der Waals surface area contributed by atoms with Crippen molar-refractivity contribution in [1.29, 1.82) is 0 Å². The summed E-state index contributed by atoms with van der Waals surface area (Å²) in [5.41, 5.74) is 1.41. The molecule has 2 heterocycles. The molecule has 2 aliphatic rings. The first-order chi connectivity index (χ1) is 23.4. The second-order valence-electron chi connectivity index (χ2n) is 12.4. The third-order valence-electron chi connectivity index (χ3n) is 8.21. The van der Waals surface area contributed by atoms with Crippen LogP contribution in [0, 0.1) is 11.8 Å². The van der Waals surface area contributed by atoms with Crippen molar-refractivity contribution >= 4 is 29.4 Å². The number of carbonyl (C=O) groups excluding carboxylic acids is 1. The number of benzene rings is 2. The van der Waals surface area contributed by atoms with Crippen LogP contribution in [0.25, 0.3) is 0 Å². The second-order valence-corrected chi connectivity index (χ2v) is 16.4. The predicted octanol–water partition coefficient (Wildman–Crippen LogP) is 4.44. The molecule has 16 heteroatoms. The highest BCUT2D eigenvalue weighted by molar-refractivity contribution is 7.89. The number of hydrogen-bond donors (Lipinski definition) is 3. The van der Waals surface area contributed by atoms with Crippen molar-refractivity contribution in [3.8, 4) is 5.75 Å². The zero-order chi connectivity index (χ0) is 35.6. The molecule has 0 bridgehead atoms. The lowest BCUT2D eigenvalue weighted by atomic mass is 10.0. The molecule has 3 N–H and O–H groups in total. The van der Waals surface area contributed by atoms with Crippen molar-refractivity contribution in [3.05, 3.63) is 54.1 Å². The molecule has 49 heavy (non-hydrogen) atoms. The lowest BCUT2D eigenvalue weighted by molar-refractivity contribution is -0.0907. The summed E-state index contributed by atoms with van der Waals surface area (Å²) in [6.07, 6.45) is -2.14. The van der Waals surface area contributed by atoms with Crippen LogP contribution in [0.15, 0.2) is 53.4 Å². The molecule has 1 amide bonds. The maximum absolute atomic E-state index is 13.8. The Morgan fingerprint density at radius 3 is 2.33 bits per heavy atom. The van der Waals surface area contributed by atoms with Crippen molar-refractivity contribution in [2.75, 3.05) is 58.2 Å². The summed E-state index contributed by atoms with van der Waals surface area (Å²) < 4.78 is 74.4. The van der Waals surface area contributed by atoms with Gasteiger partial charge in [-0.15, -0.1) is 0 Å². The molecule has 274 valence electrons. The molecular weight excluding hydrogens is 677 g/mol. The first kappa shape index (κ1) is 39.0. The van der Waals surface area contributed by atoms with Crippen LogP contribution in [0.3, 0.4) is 0 Å². The summed E-state index contributed by atoms with van der Waals surface area (Å²) >= 11 is 0. The molecule has 2 aromatic carbocycles. The highest BCUT2D eigenvalue weighted by atomic mass is 32.2. The Kier molecular flexibility index (Phi) is 14.3. The molecule has 2 saturated heterocycles. The zero-order valence-corrected chi connectivity index (χ0v) is 30.5. The van der Waals surface area contributed by atoms with E-state index < -0.39 is 48.3 Å². The molecule has 5 atom stereocenters. The Bertz CT molecular complexity index is 1480. The molecule has 0 aliphatic carbocycles. The van der Waals surface area contributed by atoms with Crippen molar-refractivity contribution in [3.63, 3.8) is 0 Å². The maximum atomic E-state index is 13.8. The number of anilines is 1. The van der Waals surface area contributed by atoms with Crippen LogP contribution in [0.1, 0.15) is 39.7 Å². The molecule has 0 radical (unpaired) electrons. The fourth-order valence-corrected chi connectivity index (χ4v) is 8.83. The van der Waals surface area contributed by atoms with E-state index in [2.05, 4.69) is 10.6 Å². The van der Waals surface area contributed by atoms with Gasteiger partial charge < -0.3 is 43.7 Å². The van der Waals surface area contributed by atoms with Gasteiger partial charge in [-0.25, -0.2) is 13.2 Å². The Balaban J connectivity index is 1.52. The Morgan fingerprint density at radius 1 is 1.04 bits per heavy atom. The number of aliphatic hydroxyl groups is 1. The van der Waals surface area contributed by atoms with Gasteiger partial charge in [0.05, 0.1) is 56.5 Å². The van der Waals surface area contributed by atoms with Crippen LogP contribution in [-0.2, 0) is 44.3 Å². The maximum Gasteiger partial charge on any atom is 0.407 e. The number of sulfonamides is 1. The number of nitrogens with one attached hydrogen (secondary N) is 2. The van der Waals surface area contributed by atoms with Gasteiger partial charge in [-0.1, -0.05) is 26.0 Å². The molecule has 2 fully saturated rings. The smallest absolute Gasteiger partial charge is 0.407 e. The minimum atomic E-state index is -4.02. The third kappa shape index (κ3) is 10.9. The van der Waals surface area contributed by atoms with Crippen LogP contribution in [0.2, 0.25) is 0 Å². The summed E-state index contributed by atoms with van der Waals surface area (Å²) in [5.74, 6) is 0.381. The van der Waals surface area contributed by atoms with E-state index in [4.69, 9.17) is 28.0 Å². The number of methoxy groups -OCH3 is 1. The van der Waals surface area contributed by atoms with Gasteiger partial charge >= 0.3 is 13.7 Å². The minimum Gasteiger partial charge on any atom is -0.497 e. The molecule has 0 unspecified atom stereocenters. The van der Waals surface area contributed by atoms with Gasteiger partial charge in [-0.05, 0) is 74.6 Å². The predicted molar refractivity (Wildman–Crippen MR) is 183 cm³/mol. The molecule has 4 rings (SSSR count). The van der Waals surface area contributed by atoms with Crippen molar-refractivity contribution < 1.29 is 50.9 Å². The summed E-state index contributed by atoms with van der Waals surface area (Å²) in [6.45, 7) is 8.32. The molecular formula is C33H50N3O11PS. The van der Waals surface area contributed by atoms with E-state index in [0.29, 0.717) is 24.5 Å². The molecule has 2 aromatic rings. The SMILES string of the molecule is CCOP(=O)(CNc1ccc(C[C@H](NC(=O)O[C@H]2CO[C@H]3OCC[C@H]32)[C@H](O)CN(CC(C)C)S(=O)(=O)c2ccc(OC)cc2)cc1)OCC. The van der Waals surface area contributed by atoms with Crippen molar-refractivity contribution in [1.82, 2.24) is 9.62 Å². The first-order valence-electron chi connectivity index (χ1n) is 16.6. The van der Waals surface area contributed by atoms with Gasteiger partial charge in [0.1, 0.15) is 18.1 Å². The quantitative estimate of drug-likeness (QED) is 0.174. The van der Waals surface area contributed by atoms with Gasteiger partial charge in [0, 0.05) is 18.8 Å². The fourth-order valence-electron chi connectivity index (χ4n) is 5.79. The highest BCUT2D eigenvalue weighted by Gasteiger charge is 2.44. The van der Waals surface area contributed by atoms with E-state index in [1.807, 2.05) is 13.8 Å². The van der Waals surface area contributed by atoms with Crippen molar-refractivity contribution in [2.45, 2.75) is 70.0 Å². The number of rotatable bonds is 19. The van der Waals surface area contributed by atoms with E-state index in [-0.39, 0.29) is 62.3 Å². The van der Waals surface area contributed by atoms with Crippen molar-refractivity contribution in [2.24, 2.45) is 11.8 Å². The van der Waals surface area contributed by atoms with E-state index in [1.54, 1.807) is 50.2 Å². The summed E-state index contributed by atoms with van der Waals surface area (Å²) in [6, 6.07) is 12.3. The van der Waals surface area contributed by atoms with Crippen LogP contribution < -0.4 is 15.4 Å². The number of carbonyl (C=O) groups is 1. The monoisotopic (exact) mass is 727 g/mol. The summed E-state index contributed by atoms with van der Waals surface area (Å²) in [7, 11) is -5.84. The van der Waals surface area contributed by atoms with Gasteiger partial charge in [0.2, 0.25) is 10.0 Å². The zero-order valence-electron chi connectivity index (χ0n) is 28.8. The largest absolute Gasteiger partial charge is 0.497 e. The number of fused-ring (bicyclic) bond motifs is 1. The number of nitrogens with zero attached hydrogens (tertiary/aromatic N) is 1. The topological polar surface area (TPSA) is 171 Å². The molecule has 0 saturated carbocycles. The number of aliphatic hydroxyl groups excluding tert-OH is 1. The average molecular weight is 728 g/mol. The van der Waals surface area contributed by atoms with E-state index >= 15 is 0 Å². The summed E-state index contributed by atoms with van der Waals surface area (Å²) in [4.78, 5) is 13.3. The lowest BCUT2D eigenvalue weighted by Gasteiger charge is -2.31. The Labute approximate surface area is 289 Å². The van der Waals surface area contributed by atoms with Gasteiger partial charge in [0.15, 0.2) is 6.29 Å². The second kappa shape index (κ2) is 18.0. The number of amides is 1. The lowest BCUT2D eigenvalue weighted by Crippen LogP contribution is -2.51. The van der Waals surface area contributed by atoms with E-state index in [0.717, 1.165) is 5.56 Å². The fraction of sp³-hybridized carbons (Fsp3) is 0.606. The van der Waals surface area contributed by atoms with Gasteiger partial charge in [0.25, 0.3) is 0 Å². The van der Waals surface area contributed by atoms with Crippen LogP contribution in [0.5, 0.6) is 5.75 Å². The number of hydrogen-bond acceptors (Lipinski definition) is 12. The van der Waals surface area contributed by atoms with Gasteiger partial charge in [-0.2, -0.15) is 4.31 Å². The van der Waals surface area contributed by atoms with Gasteiger partial charge in [-0.3, -0.25) is 4.57 Å². The average Bonchev–Trinajstić information content (AvgIpc) is 3.69. The molecule has 14 nitrogen and oxygen atoms in total. The number of ether oxygens (including phenoxy) is 4. The summed E-state index contributed by atoms with van der Waals surface area (Å²) in [5, 5.41) is 17.5. The van der Waals surface area contributed by atoms with E-state index in [1.165, 1.54) is 23.5 Å². The minimum absolute atomic E-state index is 0.0190. The third-order valence-corrected chi connectivity index (χ3v) is 11.9. The van der Waals surface area contributed by atoms with Crippen LogP contribution >= 0.6 is 7.60 Å². The highest BCUT2D eigenvalue weighted by Crippen LogP contribution is 2.47. The van der Waals surface area contributed by atoms with E-state index in [9.17, 15) is 22.9 Å². The standard InChI is InChI=1S/C33H50N3O11PS/c1-6-45-48(39,46-7-2)22-34-25-10-8-24(9-11-25)18-29(35-33(38)47-31-21-44-32-28(31)16-17-43-32)30(37)20-36(19-23(3)4)49(40,41)27-14-12-26(42-5)13-15-27/h8-15,23,28-32,34,37H,6-7,16-22H2,1-5H3,(H,35,38)/t28-,29-,30+,31-,32+/m0/s1. The Hall–Kier alpha value is -2.75. The first-order valence-corrected chi connectivity index (χ1v) is 19.8. The normalized spacial score (nSPS) is 20.6. The molecule has 0 aromatic heterocycles. The molecule has 2 aliphatic heterocycles. The molecule has 0 spiro atoms. The Morgan fingerprint density at radius 2 is 1.71 bits per heavy atom.